The summed E-state index contributed by atoms with van der Waals surface area (Å²) in [5.74, 6) is -0.0200. The minimum atomic E-state index is -4.53. The number of piperidine rings is 1. The van der Waals surface area contributed by atoms with Crippen molar-refractivity contribution >= 4 is 29.4 Å². The second-order valence-corrected chi connectivity index (χ2v) is 10.7. The van der Waals surface area contributed by atoms with Crippen molar-refractivity contribution in [3.63, 3.8) is 0 Å². The molecule has 2 heterocycles. The number of rotatable bonds is 5. The van der Waals surface area contributed by atoms with Gasteiger partial charge >= 0.3 is 18.2 Å². The molecular weight excluding hydrogens is 547 g/mol. The fraction of sp³-hybridized carbons (Fsp3) is 0.345. The lowest BCUT2D eigenvalue weighted by Gasteiger charge is -2.47. The molecule has 2 atom stereocenters. The van der Waals surface area contributed by atoms with Crippen LogP contribution in [0.2, 0.25) is 5.02 Å². The zero-order valence-electron chi connectivity index (χ0n) is 21.7. The molecule has 2 aromatic carbocycles. The minimum Gasteiger partial charge on any atom is -0.449 e. The van der Waals surface area contributed by atoms with Crippen LogP contribution < -0.4 is 9.64 Å². The van der Waals surface area contributed by atoms with Gasteiger partial charge in [-0.15, -0.1) is 0 Å². The SMILES string of the molecule is C[N+](C(=O)c1ccccc1Cl)(C1CCN(c2ccncc2C(F)(F)F)CC1)[C@@H]1CCc2ccc(OC(=O)O)cc21. The lowest BCUT2D eigenvalue weighted by atomic mass is 9.93. The van der Waals surface area contributed by atoms with Gasteiger partial charge in [-0.3, -0.25) is 4.98 Å². The van der Waals surface area contributed by atoms with Crippen molar-refractivity contribution in [3.05, 3.63) is 88.2 Å². The third-order valence-corrected chi connectivity index (χ3v) is 8.55. The molecule has 1 amide bonds. The van der Waals surface area contributed by atoms with E-state index in [2.05, 4.69) is 4.98 Å². The molecule has 0 spiro atoms. The van der Waals surface area contributed by atoms with Crippen LogP contribution in [0, 0.1) is 0 Å². The van der Waals surface area contributed by atoms with E-state index in [4.69, 9.17) is 21.4 Å². The van der Waals surface area contributed by atoms with Gasteiger partial charge in [0.15, 0.2) is 0 Å². The van der Waals surface area contributed by atoms with E-state index in [0.717, 1.165) is 17.3 Å². The van der Waals surface area contributed by atoms with Gasteiger partial charge < -0.3 is 14.7 Å². The third-order valence-electron chi connectivity index (χ3n) is 8.23. The second kappa shape index (κ2) is 10.7. The lowest BCUT2D eigenvalue weighted by Crippen LogP contribution is -2.60. The molecule has 1 saturated heterocycles. The number of halogens is 4. The van der Waals surface area contributed by atoms with Gasteiger partial charge in [0, 0.05) is 50.3 Å². The molecule has 1 unspecified atom stereocenters. The molecule has 11 heteroatoms. The van der Waals surface area contributed by atoms with Crippen LogP contribution in [0.4, 0.5) is 23.7 Å². The molecule has 1 aliphatic carbocycles. The molecule has 210 valence electrons. The summed E-state index contributed by atoms with van der Waals surface area (Å²) in [4.78, 5) is 30.9. The average molecular weight is 575 g/mol. The highest BCUT2D eigenvalue weighted by molar-refractivity contribution is 6.33. The number of amides is 1. The largest absolute Gasteiger partial charge is 0.511 e. The number of anilines is 1. The topological polar surface area (TPSA) is 79.7 Å². The fourth-order valence-corrected chi connectivity index (χ4v) is 6.48. The Bertz CT molecular complexity index is 1440. The van der Waals surface area contributed by atoms with Gasteiger partial charge in [-0.05, 0) is 42.3 Å². The summed E-state index contributed by atoms with van der Waals surface area (Å²) >= 11 is 6.48. The number of aryl methyl sites for hydroxylation is 1. The second-order valence-electron chi connectivity index (χ2n) is 10.3. The fourth-order valence-electron chi connectivity index (χ4n) is 6.26. The van der Waals surface area contributed by atoms with Crippen molar-refractivity contribution in [2.45, 2.75) is 43.9 Å². The number of hydrogen-bond acceptors (Lipinski definition) is 5. The van der Waals surface area contributed by atoms with Crippen molar-refractivity contribution in [1.82, 2.24) is 4.98 Å². The molecule has 40 heavy (non-hydrogen) atoms. The summed E-state index contributed by atoms with van der Waals surface area (Å²) in [6.07, 6.45) is -1.51. The first-order valence-electron chi connectivity index (χ1n) is 12.9. The number of carbonyl (C=O) groups is 2. The zero-order chi connectivity index (χ0) is 28.7. The lowest BCUT2D eigenvalue weighted by molar-refractivity contribution is -0.887. The van der Waals surface area contributed by atoms with Gasteiger partial charge in [-0.2, -0.15) is 13.2 Å². The van der Waals surface area contributed by atoms with Crippen molar-refractivity contribution in [1.29, 1.82) is 0 Å². The Balaban J connectivity index is 1.51. The number of aromatic nitrogens is 1. The number of alkyl halides is 3. The summed E-state index contributed by atoms with van der Waals surface area (Å²) in [5.41, 5.74) is 1.50. The van der Waals surface area contributed by atoms with Crippen LogP contribution in [0.15, 0.2) is 60.9 Å². The number of carbonyl (C=O) groups excluding carboxylic acids is 1. The first kappa shape index (κ1) is 27.9. The molecule has 1 aliphatic heterocycles. The van der Waals surface area contributed by atoms with Gasteiger partial charge in [-0.25, -0.2) is 14.1 Å². The Labute approximate surface area is 234 Å². The van der Waals surface area contributed by atoms with Gasteiger partial charge in [0.1, 0.15) is 11.8 Å². The monoisotopic (exact) mass is 574 g/mol. The molecule has 0 bridgehead atoms. The number of hydrogen-bond donors (Lipinski definition) is 1. The molecule has 1 aromatic heterocycles. The number of benzene rings is 2. The number of quaternary nitrogens is 1. The highest BCUT2D eigenvalue weighted by atomic mass is 35.5. The number of pyridine rings is 1. The van der Waals surface area contributed by atoms with Crippen molar-refractivity contribution in [3.8, 4) is 5.75 Å². The van der Waals surface area contributed by atoms with E-state index < -0.39 is 17.9 Å². The van der Waals surface area contributed by atoms with Crippen molar-refractivity contribution in [2.24, 2.45) is 0 Å². The number of ether oxygens (including phenoxy) is 1. The molecule has 7 nitrogen and oxygen atoms in total. The van der Waals surface area contributed by atoms with Gasteiger partial charge in [-0.1, -0.05) is 29.8 Å². The van der Waals surface area contributed by atoms with E-state index in [1.165, 1.54) is 12.3 Å². The van der Waals surface area contributed by atoms with E-state index in [-0.39, 0.29) is 33.9 Å². The summed E-state index contributed by atoms with van der Waals surface area (Å²) in [7, 11) is 1.87. The Hall–Kier alpha value is -3.63. The summed E-state index contributed by atoms with van der Waals surface area (Å²) in [6, 6.07) is 12.8. The van der Waals surface area contributed by atoms with E-state index in [1.54, 1.807) is 41.3 Å². The molecule has 5 rings (SSSR count). The van der Waals surface area contributed by atoms with Gasteiger partial charge in [0.2, 0.25) is 0 Å². The van der Waals surface area contributed by atoms with Crippen LogP contribution in [0.25, 0.3) is 0 Å². The first-order chi connectivity index (χ1) is 19.0. The normalized spacial score (nSPS) is 19.1. The molecule has 1 N–H and O–H groups in total. The summed E-state index contributed by atoms with van der Waals surface area (Å²) in [6.45, 7) is 0.645. The smallest absolute Gasteiger partial charge is 0.449 e. The highest BCUT2D eigenvalue weighted by Gasteiger charge is 2.51. The van der Waals surface area contributed by atoms with Gasteiger partial charge in [0.05, 0.1) is 34.9 Å². The van der Waals surface area contributed by atoms with Crippen LogP contribution in [0.5, 0.6) is 5.75 Å². The molecule has 3 aromatic rings. The zero-order valence-corrected chi connectivity index (χ0v) is 22.5. The molecule has 0 radical (unpaired) electrons. The Morgan fingerprint density at radius 1 is 1.10 bits per heavy atom. The maximum atomic E-state index is 14.4. The number of nitrogens with zero attached hydrogens (tertiary/aromatic N) is 3. The summed E-state index contributed by atoms with van der Waals surface area (Å²) < 4.78 is 45.9. The van der Waals surface area contributed by atoms with Crippen LogP contribution in [0.1, 0.15) is 52.4 Å². The van der Waals surface area contributed by atoms with Crippen LogP contribution >= 0.6 is 11.6 Å². The Morgan fingerprint density at radius 2 is 1.82 bits per heavy atom. The van der Waals surface area contributed by atoms with E-state index in [0.29, 0.717) is 49.4 Å². The third kappa shape index (κ3) is 5.13. The van der Waals surface area contributed by atoms with Crippen LogP contribution in [-0.4, -0.2) is 52.8 Å². The van der Waals surface area contributed by atoms with E-state index >= 15 is 0 Å². The Kier molecular flexibility index (Phi) is 7.50. The van der Waals surface area contributed by atoms with Crippen molar-refractivity contribution in [2.75, 3.05) is 25.0 Å². The molecule has 2 aliphatic rings. The van der Waals surface area contributed by atoms with Crippen LogP contribution in [-0.2, 0) is 12.6 Å². The summed E-state index contributed by atoms with van der Waals surface area (Å²) in [5, 5.41) is 9.45. The van der Waals surface area contributed by atoms with E-state index in [1.807, 2.05) is 13.1 Å². The molecule has 0 saturated carbocycles. The highest BCUT2D eigenvalue weighted by Crippen LogP contribution is 2.46. The quantitative estimate of drug-likeness (QED) is 0.206. The standard InChI is InChI=1S/C29H27ClF3N3O4/c1-36(27(37)21-4-2-3-5-24(21)30,26-9-7-18-6-8-20(16-22(18)26)40-28(38)39)19-11-14-35(15-12-19)25-10-13-34-17-23(25)29(31,32)33/h2-6,8,10,13,16-17,19,26H,7,9,11-12,14-15H2,1H3/p+1/t26-,36?/m1/s1. The number of fused-ring (bicyclic) bond motifs is 1. The average Bonchev–Trinajstić information content (AvgIpc) is 3.35. The maximum absolute atomic E-state index is 14.4. The van der Waals surface area contributed by atoms with Crippen LogP contribution in [0.3, 0.4) is 0 Å². The molecule has 1 fully saturated rings. The maximum Gasteiger partial charge on any atom is 0.511 e. The minimum absolute atomic E-state index is 0.0381. The van der Waals surface area contributed by atoms with E-state index in [9.17, 15) is 22.8 Å². The van der Waals surface area contributed by atoms with Gasteiger partial charge in [0.25, 0.3) is 0 Å². The molecular formula is C29H28ClF3N3O4+. The first-order valence-corrected chi connectivity index (χ1v) is 13.3. The Morgan fingerprint density at radius 3 is 2.50 bits per heavy atom. The predicted molar refractivity (Wildman–Crippen MR) is 143 cm³/mol. The van der Waals surface area contributed by atoms with Crippen molar-refractivity contribution < 1.29 is 37.1 Å². The predicted octanol–water partition coefficient (Wildman–Crippen LogP) is 6.75. The number of carboxylic acid groups (broad SMARTS) is 1.